The number of benzene rings is 1. The smallest absolute Gasteiger partial charge is 0.324 e. The van der Waals surface area contributed by atoms with Crippen molar-refractivity contribution < 1.29 is 14.0 Å². The molecule has 3 rings (SSSR count). The number of nitrogens with zero attached hydrogens (tertiary/aromatic N) is 3. The Bertz CT molecular complexity index is 847. The molecule has 9 heteroatoms. The van der Waals surface area contributed by atoms with E-state index in [2.05, 4.69) is 21.0 Å². The van der Waals surface area contributed by atoms with Crippen LogP contribution in [0.5, 0.6) is 0 Å². The predicted molar refractivity (Wildman–Crippen MR) is 109 cm³/mol. The van der Waals surface area contributed by atoms with Gasteiger partial charge in [0.1, 0.15) is 11.6 Å². The van der Waals surface area contributed by atoms with E-state index in [0.717, 1.165) is 19.3 Å². The topological polar surface area (TPSA) is 91.3 Å². The first kappa shape index (κ1) is 20.6. The van der Waals surface area contributed by atoms with E-state index in [1.165, 1.54) is 18.2 Å². The third-order valence-electron chi connectivity index (χ3n) is 5.07. The van der Waals surface area contributed by atoms with E-state index in [1.807, 2.05) is 18.7 Å². The van der Waals surface area contributed by atoms with Gasteiger partial charge in [0, 0.05) is 30.9 Å². The molecule has 3 N–H and O–H groups in total. The van der Waals surface area contributed by atoms with Crippen molar-refractivity contribution in [3.63, 3.8) is 0 Å². The van der Waals surface area contributed by atoms with Gasteiger partial charge in [-0.2, -0.15) is 5.10 Å². The van der Waals surface area contributed by atoms with Gasteiger partial charge in [-0.15, -0.1) is 0 Å². The number of likely N-dealkylation sites (tertiary alicyclic amines) is 1. The fourth-order valence-corrected chi connectivity index (χ4v) is 3.27. The molecule has 1 aromatic heterocycles. The third kappa shape index (κ3) is 5.46. The van der Waals surface area contributed by atoms with E-state index in [0.29, 0.717) is 24.6 Å². The number of carbonyl (C=O) groups excluding carboxylic acids is 2. The number of rotatable bonds is 5. The summed E-state index contributed by atoms with van der Waals surface area (Å²) in [7, 11) is 0. The molecule has 29 heavy (non-hydrogen) atoms. The average Bonchev–Trinajstić information content (AvgIpc) is 3.15. The Morgan fingerprint density at radius 2 is 2.00 bits per heavy atom. The van der Waals surface area contributed by atoms with E-state index in [1.54, 1.807) is 23.0 Å². The molecule has 2 heterocycles. The third-order valence-corrected chi connectivity index (χ3v) is 5.07. The van der Waals surface area contributed by atoms with Crippen molar-refractivity contribution in [2.75, 3.05) is 23.7 Å². The van der Waals surface area contributed by atoms with Gasteiger partial charge in [0.05, 0.1) is 12.2 Å². The monoisotopic (exact) mass is 402 g/mol. The SMILES string of the molecule is CCC(C)NC(=O)N1CCC(n2nccc2NC(=O)Nc2cccc(F)c2)CC1. The van der Waals surface area contributed by atoms with Crippen molar-refractivity contribution in [1.29, 1.82) is 0 Å². The van der Waals surface area contributed by atoms with Gasteiger partial charge in [0.2, 0.25) is 0 Å². The number of hydrogen-bond acceptors (Lipinski definition) is 3. The minimum atomic E-state index is -0.470. The van der Waals surface area contributed by atoms with Crippen LogP contribution in [0.1, 0.15) is 39.2 Å². The fraction of sp³-hybridized carbons (Fsp3) is 0.450. The molecule has 1 saturated heterocycles. The number of carbonyl (C=O) groups is 2. The highest BCUT2D eigenvalue weighted by atomic mass is 19.1. The highest BCUT2D eigenvalue weighted by molar-refractivity contribution is 5.99. The van der Waals surface area contributed by atoms with Gasteiger partial charge in [0.25, 0.3) is 0 Å². The molecule has 2 aromatic rings. The molecule has 8 nitrogen and oxygen atoms in total. The van der Waals surface area contributed by atoms with E-state index < -0.39 is 11.8 Å². The van der Waals surface area contributed by atoms with Crippen molar-refractivity contribution in [2.24, 2.45) is 0 Å². The zero-order valence-corrected chi connectivity index (χ0v) is 16.7. The van der Waals surface area contributed by atoms with Crippen LogP contribution in [0.2, 0.25) is 0 Å². The molecule has 0 bridgehead atoms. The zero-order valence-electron chi connectivity index (χ0n) is 16.7. The molecule has 1 aliphatic rings. The number of nitrogens with one attached hydrogen (secondary N) is 3. The summed E-state index contributed by atoms with van der Waals surface area (Å²) in [5.41, 5.74) is 0.370. The van der Waals surface area contributed by atoms with Gasteiger partial charge < -0.3 is 15.5 Å². The first-order valence-electron chi connectivity index (χ1n) is 9.88. The minimum Gasteiger partial charge on any atom is -0.336 e. The van der Waals surface area contributed by atoms with Gasteiger partial charge in [-0.1, -0.05) is 13.0 Å². The van der Waals surface area contributed by atoms with Crippen LogP contribution in [0.25, 0.3) is 0 Å². The van der Waals surface area contributed by atoms with Crippen molar-refractivity contribution in [1.82, 2.24) is 20.0 Å². The molecule has 1 aliphatic heterocycles. The largest absolute Gasteiger partial charge is 0.336 e. The van der Waals surface area contributed by atoms with Crippen molar-refractivity contribution in [3.8, 4) is 0 Å². The van der Waals surface area contributed by atoms with E-state index in [-0.39, 0.29) is 18.1 Å². The Labute approximate surface area is 169 Å². The number of aromatic nitrogens is 2. The lowest BCUT2D eigenvalue weighted by molar-refractivity contribution is 0.166. The van der Waals surface area contributed by atoms with Crippen LogP contribution >= 0.6 is 0 Å². The molecule has 0 aliphatic carbocycles. The second-order valence-corrected chi connectivity index (χ2v) is 7.23. The highest BCUT2D eigenvalue weighted by Gasteiger charge is 2.26. The number of halogens is 1. The summed E-state index contributed by atoms with van der Waals surface area (Å²) >= 11 is 0. The maximum Gasteiger partial charge on any atom is 0.324 e. The molecule has 0 saturated carbocycles. The quantitative estimate of drug-likeness (QED) is 0.710. The lowest BCUT2D eigenvalue weighted by Gasteiger charge is -2.33. The Kier molecular flexibility index (Phi) is 6.69. The molecule has 1 unspecified atom stereocenters. The first-order chi connectivity index (χ1) is 14.0. The van der Waals surface area contributed by atoms with Crippen LogP contribution < -0.4 is 16.0 Å². The number of amides is 4. The Morgan fingerprint density at radius 1 is 1.24 bits per heavy atom. The Balaban J connectivity index is 1.55. The second kappa shape index (κ2) is 9.40. The summed E-state index contributed by atoms with van der Waals surface area (Å²) in [5.74, 6) is 0.137. The number of urea groups is 2. The van der Waals surface area contributed by atoms with Gasteiger partial charge in [-0.05, 0) is 44.4 Å². The Morgan fingerprint density at radius 3 is 2.69 bits per heavy atom. The fourth-order valence-electron chi connectivity index (χ4n) is 3.27. The number of hydrogen-bond donors (Lipinski definition) is 3. The molecular weight excluding hydrogens is 375 g/mol. The lowest BCUT2D eigenvalue weighted by atomic mass is 10.1. The van der Waals surface area contributed by atoms with E-state index in [4.69, 9.17) is 0 Å². The van der Waals surface area contributed by atoms with Gasteiger partial charge in [-0.3, -0.25) is 5.32 Å². The van der Waals surface area contributed by atoms with Crippen LogP contribution in [0.4, 0.5) is 25.5 Å². The molecule has 156 valence electrons. The zero-order chi connectivity index (χ0) is 20.8. The summed E-state index contributed by atoms with van der Waals surface area (Å²) in [5, 5.41) is 12.7. The molecule has 4 amide bonds. The van der Waals surface area contributed by atoms with Crippen molar-refractivity contribution in [2.45, 2.75) is 45.2 Å². The second-order valence-electron chi connectivity index (χ2n) is 7.23. The molecule has 1 aromatic carbocycles. The standard InChI is InChI=1S/C20H27FN6O2/c1-3-14(2)23-20(29)26-11-8-17(9-12-26)27-18(7-10-22-27)25-19(28)24-16-6-4-5-15(21)13-16/h4-7,10,13-14,17H,3,8-9,11-12H2,1-2H3,(H,23,29)(H2,24,25,28). The number of piperidine rings is 1. The van der Waals surface area contributed by atoms with Crippen molar-refractivity contribution >= 4 is 23.6 Å². The molecule has 1 atom stereocenters. The van der Waals surface area contributed by atoms with Crippen LogP contribution in [0, 0.1) is 5.82 Å². The van der Waals surface area contributed by atoms with Crippen LogP contribution in [-0.4, -0.2) is 45.9 Å². The maximum atomic E-state index is 13.3. The highest BCUT2D eigenvalue weighted by Crippen LogP contribution is 2.25. The lowest BCUT2D eigenvalue weighted by Crippen LogP contribution is -2.47. The first-order valence-corrected chi connectivity index (χ1v) is 9.88. The molecule has 0 spiro atoms. The normalized spacial score (nSPS) is 15.6. The summed E-state index contributed by atoms with van der Waals surface area (Å²) in [4.78, 5) is 26.3. The number of anilines is 2. The van der Waals surface area contributed by atoms with Crippen molar-refractivity contribution in [3.05, 3.63) is 42.3 Å². The minimum absolute atomic E-state index is 0.0360. The maximum absolute atomic E-state index is 13.3. The summed E-state index contributed by atoms with van der Waals surface area (Å²) in [6.07, 6.45) is 4.01. The van der Waals surface area contributed by atoms with E-state index in [9.17, 15) is 14.0 Å². The molecule has 1 fully saturated rings. The van der Waals surface area contributed by atoms with Crippen LogP contribution in [-0.2, 0) is 0 Å². The predicted octanol–water partition coefficient (Wildman–Crippen LogP) is 3.81. The van der Waals surface area contributed by atoms with Gasteiger partial charge in [0.15, 0.2) is 0 Å². The summed E-state index contributed by atoms with van der Waals surface area (Å²) < 4.78 is 15.0. The van der Waals surface area contributed by atoms with Gasteiger partial charge in [-0.25, -0.2) is 18.7 Å². The van der Waals surface area contributed by atoms with Gasteiger partial charge >= 0.3 is 12.1 Å². The van der Waals surface area contributed by atoms with Crippen LogP contribution in [0.15, 0.2) is 36.5 Å². The van der Waals surface area contributed by atoms with Crippen LogP contribution in [0.3, 0.4) is 0 Å². The molecule has 0 radical (unpaired) electrons. The summed E-state index contributed by atoms with van der Waals surface area (Å²) in [6, 6.07) is 7.15. The Hall–Kier alpha value is -3.10. The summed E-state index contributed by atoms with van der Waals surface area (Å²) in [6.45, 7) is 5.28. The molecular formula is C20H27FN6O2. The van der Waals surface area contributed by atoms with E-state index >= 15 is 0 Å². The average molecular weight is 402 g/mol.